The van der Waals surface area contributed by atoms with Gasteiger partial charge >= 0.3 is 0 Å². The maximum Gasteiger partial charge on any atom is 0.253 e. The first-order valence-corrected chi connectivity index (χ1v) is 11.0. The zero-order valence-electron chi connectivity index (χ0n) is 18.9. The van der Waals surface area contributed by atoms with Crippen LogP contribution in [0.5, 0.6) is 0 Å². The van der Waals surface area contributed by atoms with Crippen molar-refractivity contribution < 1.29 is 18.9 Å². The summed E-state index contributed by atoms with van der Waals surface area (Å²) in [5, 5.41) is 9.99. The van der Waals surface area contributed by atoms with E-state index in [1.54, 1.807) is 38.4 Å². The van der Waals surface area contributed by atoms with Gasteiger partial charge in [0.2, 0.25) is 17.7 Å². The number of amides is 3. The summed E-state index contributed by atoms with van der Waals surface area (Å²) in [5.74, 6) is 0.379. The average Bonchev–Trinajstić information content (AvgIpc) is 3.11. The predicted molar refractivity (Wildman–Crippen MR) is 119 cm³/mol. The molecule has 0 radical (unpaired) electrons. The molecular formula is C23H31N5O4. The van der Waals surface area contributed by atoms with Gasteiger partial charge in [-0.1, -0.05) is 36.9 Å². The highest BCUT2D eigenvalue weighted by Crippen LogP contribution is 2.34. The van der Waals surface area contributed by atoms with Crippen LogP contribution in [0.2, 0.25) is 0 Å². The van der Waals surface area contributed by atoms with Crippen LogP contribution >= 0.6 is 0 Å². The van der Waals surface area contributed by atoms with Gasteiger partial charge in [-0.15, -0.1) is 0 Å². The number of carbonyl (C=O) groups excluding carboxylic acids is 3. The number of benzene rings is 1. The third kappa shape index (κ3) is 5.93. The fourth-order valence-corrected chi connectivity index (χ4v) is 4.06. The predicted octanol–water partition coefficient (Wildman–Crippen LogP) is 3.03. The summed E-state index contributed by atoms with van der Waals surface area (Å²) in [5.41, 5.74) is 0.448. The lowest BCUT2D eigenvalue weighted by Crippen LogP contribution is -2.45. The van der Waals surface area contributed by atoms with Gasteiger partial charge < -0.3 is 20.1 Å². The summed E-state index contributed by atoms with van der Waals surface area (Å²) < 4.78 is 5.40. The molecule has 1 aromatic heterocycles. The van der Waals surface area contributed by atoms with Crippen LogP contribution < -0.4 is 10.6 Å². The molecule has 0 aliphatic heterocycles. The van der Waals surface area contributed by atoms with Crippen molar-refractivity contribution in [3.05, 3.63) is 41.5 Å². The third-order valence-electron chi connectivity index (χ3n) is 5.63. The van der Waals surface area contributed by atoms with Crippen molar-refractivity contribution in [3.8, 4) is 0 Å². The van der Waals surface area contributed by atoms with Crippen LogP contribution in [0.1, 0.15) is 73.9 Å². The number of aryl methyl sites for hydroxylation is 1. The fraction of sp³-hybridized carbons (Fsp3) is 0.522. The highest BCUT2D eigenvalue weighted by molar-refractivity contribution is 5.97. The minimum Gasteiger partial charge on any atom is -0.345 e. The molecule has 1 saturated carbocycles. The summed E-state index contributed by atoms with van der Waals surface area (Å²) >= 11 is 0. The van der Waals surface area contributed by atoms with E-state index in [9.17, 15) is 14.4 Å². The van der Waals surface area contributed by atoms with Gasteiger partial charge in [0.05, 0.1) is 0 Å². The van der Waals surface area contributed by atoms with E-state index in [1.807, 2.05) is 0 Å². The summed E-state index contributed by atoms with van der Waals surface area (Å²) in [6, 6.07) is 6.81. The Morgan fingerprint density at radius 3 is 2.50 bits per heavy atom. The molecule has 2 N–H and O–H groups in total. The SMILES string of the molecule is CC(=O)NC1(c2noc(CCC(=O)Nc3cccc(C(=O)N(C)C)c3)n2)CCCCCC1. The van der Waals surface area contributed by atoms with Crippen molar-refractivity contribution in [1.82, 2.24) is 20.4 Å². The Kier molecular flexibility index (Phi) is 7.61. The molecule has 0 atom stereocenters. The highest BCUT2D eigenvalue weighted by atomic mass is 16.5. The summed E-state index contributed by atoms with van der Waals surface area (Å²) in [6.07, 6.45) is 6.19. The van der Waals surface area contributed by atoms with E-state index < -0.39 is 5.54 Å². The molecule has 32 heavy (non-hydrogen) atoms. The van der Waals surface area contributed by atoms with Crippen LogP contribution in [-0.2, 0) is 21.5 Å². The van der Waals surface area contributed by atoms with Gasteiger partial charge in [0, 0.05) is 45.1 Å². The number of aromatic nitrogens is 2. The second-order valence-electron chi connectivity index (χ2n) is 8.52. The van der Waals surface area contributed by atoms with Gasteiger partial charge in [-0.25, -0.2) is 0 Å². The molecule has 9 nitrogen and oxygen atoms in total. The number of anilines is 1. The van der Waals surface area contributed by atoms with E-state index in [2.05, 4.69) is 20.8 Å². The van der Waals surface area contributed by atoms with E-state index in [0.717, 1.165) is 38.5 Å². The molecular weight excluding hydrogens is 410 g/mol. The summed E-state index contributed by atoms with van der Waals surface area (Å²) in [7, 11) is 3.36. The quantitative estimate of drug-likeness (QED) is 0.638. The third-order valence-corrected chi connectivity index (χ3v) is 5.63. The molecule has 1 fully saturated rings. The lowest BCUT2D eigenvalue weighted by Gasteiger charge is -2.30. The molecule has 3 amide bonds. The minimum absolute atomic E-state index is 0.118. The number of hydrogen-bond donors (Lipinski definition) is 2. The average molecular weight is 442 g/mol. The van der Waals surface area contributed by atoms with Crippen LogP contribution in [0.15, 0.2) is 28.8 Å². The Bertz CT molecular complexity index is 961. The molecule has 9 heteroatoms. The topological polar surface area (TPSA) is 117 Å². The molecule has 172 valence electrons. The molecule has 2 aromatic rings. The van der Waals surface area contributed by atoms with Crippen LogP contribution in [0, 0.1) is 0 Å². The zero-order valence-corrected chi connectivity index (χ0v) is 18.9. The normalized spacial score (nSPS) is 15.5. The maximum atomic E-state index is 12.4. The smallest absolute Gasteiger partial charge is 0.253 e. The Morgan fingerprint density at radius 1 is 1.12 bits per heavy atom. The van der Waals surface area contributed by atoms with Crippen LogP contribution in [-0.4, -0.2) is 46.9 Å². The van der Waals surface area contributed by atoms with Gasteiger partial charge in [0.1, 0.15) is 5.54 Å². The Labute approximate surface area is 187 Å². The molecule has 1 aromatic carbocycles. The monoisotopic (exact) mass is 441 g/mol. The first kappa shape index (κ1) is 23.4. The van der Waals surface area contributed by atoms with E-state index in [-0.39, 0.29) is 30.6 Å². The molecule has 0 bridgehead atoms. The molecule has 1 aliphatic carbocycles. The second-order valence-corrected chi connectivity index (χ2v) is 8.52. The Morgan fingerprint density at radius 2 is 1.84 bits per heavy atom. The van der Waals surface area contributed by atoms with Crippen LogP contribution in [0.25, 0.3) is 0 Å². The molecule has 1 heterocycles. The maximum absolute atomic E-state index is 12.4. The van der Waals surface area contributed by atoms with E-state index in [0.29, 0.717) is 23.0 Å². The molecule has 0 spiro atoms. The van der Waals surface area contributed by atoms with Crippen molar-refractivity contribution in [3.63, 3.8) is 0 Å². The van der Waals surface area contributed by atoms with Crippen molar-refractivity contribution in [1.29, 1.82) is 0 Å². The first-order valence-electron chi connectivity index (χ1n) is 11.0. The van der Waals surface area contributed by atoms with E-state index in [4.69, 9.17) is 4.52 Å². The Balaban J connectivity index is 1.62. The number of carbonyl (C=O) groups is 3. The summed E-state index contributed by atoms with van der Waals surface area (Å²) in [4.78, 5) is 42.3. The highest BCUT2D eigenvalue weighted by Gasteiger charge is 2.38. The van der Waals surface area contributed by atoms with Gasteiger partial charge in [0.25, 0.3) is 5.91 Å². The number of hydrogen-bond acceptors (Lipinski definition) is 6. The van der Waals surface area contributed by atoms with Gasteiger partial charge in [-0.3, -0.25) is 14.4 Å². The van der Waals surface area contributed by atoms with Crippen molar-refractivity contribution in [2.75, 3.05) is 19.4 Å². The number of nitrogens with one attached hydrogen (secondary N) is 2. The van der Waals surface area contributed by atoms with E-state index >= 15 is 0 Å². The molecule has 0 saturated heterocycles. The van der Waals surface area contributed by atoms with Gasteiger partial charge in [0.15, 0.2) is 5.82 Å². The molecule has 1 aliphatic rings. The van der Waals surface area contributed by atoms with E-state index in [1.165, 1.54) is 11.8 Å². The molecule has 0 unspecified atom stereocenters. The summed E-state index contributed by atoms with van der Waals surface area (Å²) in [6.45, 7) is 1.50. The number of rotatable bonds is 7. The standard InChI is InChI=1S/C23H31N5O4/c1-16(29)26-23(13-6-4-5-7-14-23)22-25-20(32-27-22)12-11-19(30)24-18-10-8-9-17(15-18)21(31)28(2)3/h8-10,15H,4-7,11-14H2,1-3H3,(H,24,30)(H,26,29). The minimum atomic E-state index is -0.605. The van der Waals surface area contributed by atoms with Crippen LogP contribution in [0.4, 0.5) is 5.69 Å². The van der Waals surface area contributed by atoms with Crippen LogP contribution in [0.3, 0.4) is 0 Å². The lowest BCUT2D eigenvalue weighted by atomic mass is 9.89. The van der Waals surface area contributed by atoms with Gasteiger partial charge in [-0.05, 0) is 31.0 Å². The first-order chi connectivity index (χ1) is 15.3. The lowest BCUT2D eigenvalue weighted by molar-refractivity contribution is -0.121. The largest absolute Gasteiger partial charge is 0.345 e. The molecule has 3 rings (SSSR count). The zero-order chi connectivity index (χ0) is 23.1. The fourth-order valence-electron chi connectivity index (χ4n) is 4.06. The number of nitrogens with zero attached hydrogens (tertiary/aromatic N) is 3. The van der Waals surface area contributed by atoms with Crippen molar-refractivity contribution in [2.45, 2.75) is 63.8 Å². The van der Waals surface area contributed by atoms with Crippen molar-refractivity contribution >= 4 is 23.4 Å². The van der Waals surface area contributed by atoms with Crippen molar-refractivity contribution in [2.24, 2.45) is 0 Å². The second kappa shape index (κ2) is 10.4. The van der Waals surface area contributed by atoms with Gasteiger partial charge in [-0.2, -0.15) is 4.98 Å². The Hall–Kier alpha value is -3.23.